The third-order valence-electron chi connectivity index (χ3n) is 1.77. The normalized spacial score (nSPS) is 12.1. The Kier molecular flexibility index (Phi) is 3.41. The van der Waals surface area contributed by atoms with Crippen LogP contribution in [0.3, 0.4) is 0 Å². The van der Waals surface area contributed by atoms with Crippen LogP contribution in [0.2, 0.25) is 0 Å². The average Bonchev–Trinajstić information content (AvgIpc) is 2.15. The zero-order valence-corrected chi connectivity index (χ0v) is 7.62. The predicted octanol–water partition coefficient (Wildman–Crippen LogP) is 1.66. The number of benzene rings is 1. The summed E-state index contributed by atoms with van der Waals surface area (Å²) in [5.74, 6) is -0.313. The number of amides is 1. The monoisotopic (exact) mass is 198 g/mol. The van der Waals surface area contributed by atoms with Gasteiger partial charge in [-0.25, -0.2) is 14.6 Å². The minimum Gasteiger partial charge on any atom is -0.464 e. The number of carbonyl (C=O) groups is 1. The molecule has 0 radical (unpaired) electrons. The molecule has 0 saturated heterocycles. The molecule has 5 heteroatoms. The molecule has 76 valence electrons. The van der Waals surface area contributed by atoms with Crippen molar-refractivity contribution in [3.05, 3.63) is 35.6 Å². The number of hydrogen-bond acceptors (Lipinski definition) is 2. The van der Waals surface area contributed by atoms with Crippen LogP contribution in [0, 0.1) is 5.82 Å². The Hall–Kier alpha value is -1.62. The first-order chi connectivity index (χ1) is 6.59. The van der Waals surface area contributed by atoms with Crippen LogP contribution in [0.5, 0.6) is 0 Å². The van der Waals surface area contributed by atoms with Crippen LogP contribution in [-0.4, -0.2) is 11.2 Å². The van der Waals surface area contributed by atoms with E-state index < -0.39 is 6.09 Å². The molecule has 1 rings (SSSR count). The van der Waals surface area contributed by atoms with E-state index in [-0.39, 0.29) is 11.9 Å². The average molecular weight is 198 g/mol. The number of hydrazine groups is 1. The van der Waals surface area contributed by atoms with E-state index in [1.54, 1.807) is 19.1 Å². The molecule has 1 amide bonds. The van der Waals surface area contributed by atoms with Crippen molar-refractivity contribution < 1.29 is 14.3 Å². The van der Waals surface area contributed by atoms with Crippen molar-refractivity contribution in [2.75, 3.05) is 0 Å². The molecule has 0 fully saturated rings. The van der Waals surface area contributed by atoms with Crippen molar-refractivity contribution in [1.29, 1.82) is 0 Å². The molecule has 0 aliphatic carbocycles. The molecule has 0 heterocycles. The van der Waals surface area contributed by atoms with Gasteiger partial charge in [0.2, 0.25) is 0 Å². The summed E-state index contributed by atoms with van der Waals surface area (Å²) in [6.07, 6.45) is -1.15. The summed E-state index contributed by atoms with van der Waals surface area (Å²) >= 11 is 0. The van der Waals surface area contributed by atoms with Crippen molar-refractivity contribution in [1.82, 2.24) is 10.9 Å². The van der Waals surface area contributed by atoms with Gasteiger partial charge in [-0.3, -0.25) is 5.43 Å². The standard InChI is InChI=1S/C9H11FN2O2/c1-6(11-12-9(13)14)7-2-4-8(10)5-3-7/h2-6,11-12H,1H3,(H,13,14). The molecule has 0 aliphatic heterocycles. The molecule has 14 heavy (non-hydrogen) atoms. The van der Waals surface area contributed by atoms with Gasteiger partial charge in [0, 0.05) is 6.04 Å². The molecule has 0 spiro atoms. The summed E-state index contributed by atoms with van der Waals surface area (Å²) in [6, 6.07) is 5.64. The second-order valence-corrected chi connectivity index (χ2v) is 2.85. The topological polar surface area (TPSA) is 61.4 Å². The summed E-state index contributed by atoms with van der Waals surface area (Å²) in [5, 5.41) is 8.32. The maximum absolute atomic E-state index is 12.5. The zero-order chi connectivity index (χ0) is 10.6. The largest absolute Gasteiger partial charge is 0.464 e. The molecule has 0 saturated carbocycles. The number of halogens is 1. The van der Waals surface area contributed by atoms with Crippen LogP contribution in [0.15, 0.2) is 24.3 Å². The zero-order valence-electron chi connectivity index (χ0n) is 7.62. The van der Waals surface area contributed by atoms with Gasteiger partial charge in [0.25, 0.3) is 0 Å². The first-order valence-corrected chi connectivity index (χ1v) is 4.09. The van der Waals surface area contributed by atoms with Crippen molar-refractivity contribution in [2.24, 2.45) is 0 Å². The van der Waals surface area contributed by atoms with E-state index in [0.717, 1.165) is 5.56 Å². The summed E-state index contributed by atoms with van der Waals surface area (Å²) < 4.78 is 12.5. The van der Waals surface area contributed by atoms with Crippen molar-refractivity contribution in [2.45, 2.75) is 13.0 Å². The first-order valence-electron chi connectivity index (χ1n) is 4.09. The fourth-order valence-corrected chi connectivity index (χ4v) is 1.00. The minimum absolute atomic E-state index is 0.202. The first kappa shape index (κ1) is 10.5. The number of nitrogens with one attached hydrogen (secondary N) is 2. The van der Waals surface area contributed by atoms with E-state index in [1.165, 1.54) is 12.1 Å². The molecule has 0 aliphatic rings. The van der Waals surface area contributed by atoms with E-state index in [0.29, 0.717) is 0 Å². The van der Waals surface area contributed by atoms with Gasteiger partial charge in [0.15, 0.2) is 0 Å². The molecular formula is C9H11FN2O2. The molecule has 1 aromatic rings. The van der Waals surface area contributed by atoms with Gasteiger partial charge < -0.3 is 5.11 Å². The summed E-state index contributed by atoms with van der Waals surface area (Å²) in [4.78, 5) is 10.2. The SMILES string of the molecule is CC(NNC(=O)O)c1ccc(F)cc1. The third kappa shape index (κ3) is 3.02. The van der Waals surface area contributed by atoms with Gasteiger partial charge in [0.05, 0.1) is 0 Å². The molecule has 0 aromatic heterocycles. The molecular weight excluding hydrogens is 187 g/mol. The number of hydrogen-bond donors (Lipinski definition) is 3. The van der Waals surface area contributed by atoms with Gasteiger partial charge in [-0.05, 0) is 24.6 Å². The summed E-state index contributed by atoms with van der Waals surface area (Å²) in [6.45, 7) is 1.77. The van der Waals surface area contributed by atoms with Crippen LogP contribution in [0.25, 0.3) is 0 Å². The Morgan fingerprint density at radius 3 is 2.50 bits per heavy atom. The second-order valence-electron chi connectivity index (χ2n) is 2.85. The molecule has 0 bridgehead atoms. The Morgan fingerprint density at radius 1 is 1.43 bits per heavy atom. The van der Waals surface area contributed by atoms with E-state index in [4.69, 9.17) is 5.11 Å². The fourth-order valence-electron chi connectivity index (χ4n) is 1.00. The lowest BCUT2D eigenvalue weighted by Crippen LogP contribution is -2.37. The Balaban J connectivity index is 2.56. The highest BCUT2D eigenvalue weighted by Gasteiger charge is 2.05. The fraction of sp³-hybridized carbons (Fsp3) is 0.222. The highest BCUT2D eigenvalue weighted by Crippen LogP contribution is 2.11. The lowest BCUT2D eigenvalue weighted by molar-refractivity contribution is 0.187. The van der Waals surface area contributed by atoms with Crippen LogP contribution < -0.4 is 10.9 Å². The molecule has 1 aromatic carbocycles. The van der Waals surface area contributed by atoms with E-state index in [2.05, 4.69) is 5.43 Å². The quantitative estimate of drug-likeness (QED) is 0.647. The van der Waals surface area contributed by atoms with E-state index >= 15 is 0 Å². The lowest BCUT2D eigenvalue weighted by Gasteiger charge is -2.13. The van der Waals surface area contributed by atoms with Crippen molar-refractivity contribution in [3.8, 4) is 0 Å². The van der Waals surface area contributed by atoms with Gasteiger partial charge in [-0.15, -0.1) is 0 Å². The van der Waals surface area contributed by atoms with Crippen LogP contribution in [0.4, 0.5) is 9.18 Å². The van der Waals surface area contributed by atoms with Crippen LogP contribution >= 0.6 is 0 Å². The van der Waals surface area contributed by atoms with E-state index in [9.17, 15) is 9.18 Å². The van der Waals surface area contributed by atoms with Crippen molar-refractivity contribution >= 4 is 6.09 Å². The summed E-state index contributed by atoms with van der Waals surface area (Å²) in [7, 11) is 0. The van der Waals surface area contributed by atoms with Crippen LogP contribution in [-0.2, 0) is 0 Å². The number of rotatable bonds is 3. The van der Waals surface area contributed by atoms with Gasteiger partial charge >= 0.3 is 6.09 Å². The molecule has 1 atom stereocenters. The second kappa shape index (κ2) is 4.57. The highest BCUT2D eigenvalue weighted by atomic mass is 19.1. The number of carboxylic acid groups (broad SMARTS) is 1. The minimum atomic E-state index is -1.15. The van der Waals surface area contributed by atoms with Gasteiger partial charge in [-0.1, -0.05) is 12.1 Å². The predicted molar refractivity (Wildman–Crippen MR) is 49.1 cm³/mol. The maximum atomic E-state index is 12.5. The maximum Gasteiger partial charge on any atom is 0.419 e. The Bertz CT molecular complexity index is 313. The van der Waals surface area contributed by atoms with Gasteiger partial charge in [0.1, 0.15) is 5.82 Å². The third-order valence-corrected chi connectivity index (χ3v) is 1.77. The highest BCUT2D eigenvalue weighted by molar-refractivity contribution is 5.63. The lowest BCUT2D eigenvalue weighted by atomic mass is 10.1. The van der Waals surface area contributed by atoms with E-state index in [1.807, 2.05) is 5.43 Å². The van der Waals surface area contributed by atoms with Crippen LogP contribution in [0.1, 0.15) is 18.5 Å². The van der Waals surface area contributed by atoms with Gasteiger partial charge in [-0.2, -0.15) is 0 Å². The Morgan fingerprint density at radius 2 is 2.00 bits per heavy atom. The smallest absolute Gasteiger partial charge is 0.419 e. The molecule has 4 nitrogen and oxygen atoms in total. The summed E-state index contributed by atoms with van der Waals surface area (Å²) in [5.41, 5.74) is 5.38. The molecule has 3 N–H and O–H groups in total. The van der Waals surface area contributed by atoms with Crippen molar-refractivity contribution in [3.63, 3.8) is 0 Å². The molecule has 1 unspecified atom stereocenters. The Labute approximate surface area is 80.7 Å².